The molecule has 0 heteroatoms. The second kappa shape index (κ2) is 8.12. The summed E-state index contributed by atoms with van der Waals surface area (Å²) in [7, 11) is 0. The summed E-state index contributed by atoms with van der Waals surface area (Å²) >= 11 is 0. The predicted molar refractivity (Wildman–Crippen MR) is 45.1 cm³/mol. The highest BCUT2D eigenvalue weighted by Crippen LogP contribution is 1.85. The van der Waals surface area contributed by atoms with Gasteiger partial charge in [-0.15, -0.1) is 23.7 Å². The van der Waals surface area contributed by atoms with E-state index in [0.717, 1.165) is 25.7 Å². The highest BCUT2D eigenvalue weighted by molar-refractivity contribution is 5.06. The van der Waals surface area contributed by atoms with Crippen molar-refractivity contribution < 1.29 is 0 Å². The predicted octanol–water partition coefficient (Wildman–Crippen LogP) is 2.41. The third-order valence-electron chi connectivity index (χ3n) is 1.000. The Kier molecular flexibility index (Phi) is 7.41. The fourth-order valence-corrected chi connectivity index (χ4v) is 0.515. The highest BCUT2D eigenvalue weighted by Gasteiger charge is 1.72. The van der Waals surface area contributed by atoms with Crippen molar-refractivity contribution in [3.8, 4) is 23.7 Å². The molecule has 10 heavy (non-hydrogen) atoms. The van der Waals surface area contributed by atoms with Crippen LogP contribution in [0.4, 0.5) is 0 Å². The number of unbranched alkanes of at least 4 members (excludes halogenated alkanes) is 2. The van der Waals surface area contributed by atoms with Crippen molar-refractivity contribution in [3.63, 3.8) is 0 Å². The number of rotatable bonds is 2. The Balaban J connectivity index is 3.17. The lowest BCUT2D eigenvalue weighted by Crippen LogP contribution is -1.66. The molecule has 0 aromatic heterocycles. The van der Waals surface area contributed by atoms with Crippen LogP contribution in [0.15, 0.2) is 0 Å². The third-order valence-corrected chi connectivity index (χ3v) is 1.000. The Labute approximate surface area is 64.0 Å². The topological polar surface area (TPSA) is 0 Å². The average Bonchev–Trinajstić information content (AvgIpc) is 1.97. The van der Waals surface area contributed by atoms with Crippen molar-refractivity contribution in [1.82, 2.24) is 0 Å². The minimum Gasteiger partial charge on any atom is -0.103 e. The quantitative estimate of drug-likeness (QED) is 0.401. The molecule has 0 rings (SSSR count). The number of hydrogen-bond donors (Lipinski definition) is 0. The van der Waals surface area contributed by atoms with E-state index in [1.54, 1.807) is 0 Å². The fraction of sp³-hybridized carbons (Fsp3) is 0.500. The summed E-state index contributed by atoms with van der Waals surface area (Å²) < 4.78 is 0. The molecule has 0 spiro atoms. The van der Waals surface area contributed by atoms with Crippen LogP contribution in [0, 0.1) is 30.6 Å². The molecule has 0 saturated carbocycles. The molecule has 0 aromatic rings. The second-order valence-electron chi connectivity index (χ2n) is 1.96. The molecule has 0 atom stereocenters. The van der Waals surface area contributed by atoms with Crippen LogP contribution in [0.5, 0.6) is 0 Å². The monoisotopic (exact) mass is 133 g/mol. The Morgan fingerprint density at radius 1 is 1.00 bits per heavy atom. The molecule has 0 heterocycles. The van der Waals surface area contributed by atoms with E-state index in [1.165, 1.54) is 0 Å². The molecule has 0 aliphatic carbocycles. The largest absolute Gasteiger partial charge is 0.103 e. The van der Waals surface area contributed by atoms with Gasteiger partial charge in [0.2, 0.25) is 0 Å². The van der Waals surface area contributed by atoms with Crippen LogP contribution in [-0.2, 0) is 0 Å². The average molecular weight is 133 g/mol. The molecule has 0 nitrogen and oxygen atoms in total. The van der Waals surface area contributed by atoms with Crippen LogP contribution >= 0.6 is 0 Å². The Morgan fingerprint density at radius 2 is 1.60 bits per heavy atom. The van der Waals surface area contributed by atoms with Gasteiger partial charge in [0.1, 0.15) is 0 Å². The minimum absolute atomic E-state index is 0.861. The van der Waals surface area contributed by atoms with Gasteiger partial charge in [0.05, 0.1) is 0 Å². The van der Waals surface area contributed by atoms with Crippen molar-refractivity contribution >= 4 is 0 Å². The first-order valence-electron chi connectivity index (χ1n) is 3.62. The number of hydrogen-bond acceptors (Lipinski definition) is 0. The molecular formula is C10H13. The molecule has 0 N–H and O–H groups in total. The third kappa shape index (κ3) is 7.12. The zero-order valence-corrected chi connectivity index (χ0v) is 6.54. The lowest BCUT2D eigenvalue weighted by atomic mass is 10.3. The van der Waals surface area contributed by atoms with Crippen LogP contribution in [-0.4, -0.2) is 0 Å². The second-order valence-corrected chi connectivity index (χ2v) is 1.96. The standard InChI is InChI=1S/C10H13/c1-3-5-7-9-10-8-6-4-2/h1,4,6-7,9H2,2H3. The maximum absolute atomic E-state index is 3.41. The van der Waals surface area contributed by atoms with Crippen LogP contribution < -0.4 is 0 Å². The molecule has 0 aromatic carbocycles. The summed E-state index contributed by atoms with van der Waals surface area (Å²) in [5.41, 5.74) is 0. The smallest absolute Gasteiger partial charge is 0.0198 e. The molecule has 0 saturated heterocycles. The van der Waals surface area contributed by atoms with Gasteiger partial charge in [-0.1, -0.05) is 6.92 Å². The molecule has 0 aliphatic heterocycles. The summed E-state index contributed by atoms with van der Waals surface area (Å²) in [6, 6.07) is 0. The van der Waals surface area contributed by atoms with Gasteiger partial charge < -0.3 is 0 Å². The van der Waals surface area contributed by atoms with E-state index in [2.05, 4.69) is 37.5 Å². The Hall–Kier alpha value is -0.880. The summed E-state index contributed by atoms with van der Waals surface area (Å²) in [4.78, 5) is 0. The van der Waals surface area contributed by atoms with Gasteiger partial charge in [0.25, 0.3) is 0 Å². The zero-order chi connectivity index (χ0) is 7.66. The van der Waals surface area contributed by atoms with Crippen LogP contribution in [0.3, 0.4) is 0 Å². The van der Waals surface area contributed by atoms with Crippen molar-refractivity contribution in [2.24, 2.45) is 0 Å². The molecular weight excluding hydrogens is 120 g/mol. The van der Waals surface area contributed by atoms with Gasteiger partial charge in [-0.25, -0.2) is 0 Å². The van der Waals surface area contributed by atoms with Crippen molar-refractivity contribution in [3.05, 3.63) is 6.92 Å². The van der Waals surface area contributed by atoms with Crippen LogP contribution in [0.2, 0.25) is 0 Å². The van der Waals surface area contributed by atoms with Crippen LogP contribution in [0.25, 0.3) is 0 Å². The van der Waals surface area contributed by atoms with E-state index in [1.807, 2.05) is 0 Å². The van der Waals surface area contributed by atoms with Gasteiger partial charge in [-0.05, 0) is 6.42 Å². The molecule has 53 valence electrons. The van der Waals surface area contributed by atoms with Crippen molar-refractivity contribution in [2.75, 3.05) is 0 Å². The Bertz CT molecular complexity index is 168. The zero-order valence-electron chi connectivity index (χ0n) is 6.54. The normalized spacial score (nSPS) is 7.00. The fourth-order valence-electron chi connectivity index (χ4n) is 0.515. The van der Waals surface area contributed by atoms with Crippen LogP contribution in [0.1, 0.15) is 32.6 Å². The summed E-state index contributed by atoms with van der Waals surface area (Å²) in [6.07, 6.45) is 3.91. The van der Waals surface area contributed by atoms with E-state index in [4.69, 9.17) is 0 Å². The van der Waals surface area contributed by atoms with E-state index in [0.29, 0.717) is 0 Å². The van der Waals surface area contributed by atoms with Crippen molar-refractivity contribution in [2.45, 2.75) is 32.6 Å². The molecule has 0 aliphatic rings. The summed E-state index contributed by atoms with van der Waals surface area (Å²) in [5, 5.41) is 0. The van der Waals surface area contributed by atoms with E-state index in [9.17, 15) is 0 Å². The van der Waals surface area contributed by atoms with Gasteiger partial charge in [0.15, 0.2) is 0 Å². The molecule has 0 unspecified atom stereocenters. The SMILES string of the molecule is [CH2]C#CCCC#CCCC. The first kappa shape index (κ1) is 9.12. The minimum atomic E-state index is 0.861. The molecule has 0 fully saturated rings. The lowest BCUT2D eigenvalue weighted by molar-refractivity contribution is 0.979. The first-order valence-corrected chi connectivity index (χ1v) is 3.62. The first-order chi connectivity index (χ1) is 4.91. The van der Waals surface area contributed by atoms with Gasteiger partial charge in [-0.2, -0.15) is 0 Å². The highest BCUT2D eigenvalue weighted by atomic mass is 13.8. The Morgan fingerprint density at radius 3 is 2.20 bits per heavy atom. The van der Waals surface area contributed by atoms with Gasteiger partial charge in [0, 0.05) is 26.2 Å². The van der Waals surface area contributed by atoms with Gasteiger partial charge in [-0.3, -0.25) is 0 Å². The molecule has 0 amide bonds. The maximum atomic E-state index is 3.41. The van der Waals surface area contributed by atoms with Crippen molar-refractivity contribution in [1.29, 1.82) is 0 Å². The van der Waals surface area contributed by atoms with Gasteiger partial charge >= 0.3 is 0 Å². The summed E-state index contributed by atoms with van der Waals surface area (Å²) in [6.45, 7) is 5.54. The summed E-state index contributed by atoms with van der Waals surface area (Å²) in [5.74, 6) is 11.5. The van der Waals surface area contributed by atoms with E-state index < -0.39 is 0 Å². The maximum Gasteiger partial charge on any atom is 0.0198 e. The van der Waals surface area contributed by atoms with E-state index in [-0.39, 0.29) is 0 Å². The molecule has 0 bridgehead atoms. The molecule has 1 radical (unpaired) electrons. The lowest BCUT2D eigenvalue weighted by Gasteiger charge is -1.78. The van der Waals surface area contributed by atoms with E-state index >= 15 is 0 Å².